The molecule has 0 bridgehead atoms. The molecule has 1 heterocycles. The van der Waals surface area contributed by atoms with Crippen LogP contribution in [0.5, 0.6) is 0 Å². The van der Waals surface area contributed by atoms with Crippen LogP contribution in [-0.4, -0.2) is 33.0 Å². The van der Waals surface area contributed by atoms with E-state index in [4.69, 9.17) is 4.74 Å². The first-order valence-corrected chi connectivity index (χ1v) is 11.1. The summed E-state index contributed by atoms with van der Waals surface area (Å²) in [7, 11) is -3.31. The van der Waals surface area contributed by atoms with Gasteiger partial charge < -0.3 is 4.74 Å². The van der Waals surface area contributed by atoms with Crippen molar-refractivity contribution in [2.75, 3.05) is 12.9 Å². The minimum atomic E-state index is -3.31. The molecular weight excluding hydrogens is 372 g/mol. The molecule has 0 unspecified atom stereocenters. The maximum atomic E-state index is 12.3. The molecule has 0 N–H and O–H groups in total. The summed E-state index contributed by atoms with van der Waals surface area (Å²) in [6.07, 6.45) is 4.01. The first kappa shape index (κ1) is 18.8. The van der Waals surface area contributed by atoms with Gasteiger partial charge >= 0.3 is 5.97 Å². The molecule has 1 aliphatic rings. The summed E-state index contributed by atoms with van der Waals surface area (Å²) in [4.78, 5) is 25.9. The summed E-state index contributed by atoms with van der Waals surface area (Å²) in [5, 5.41) is 1.82. The number of rotatable bonds is 5. The lowest BCUT2D eigenvalue weighted by molar-refractivity contribution is 0.0474. The Morgan fingerprint density at radius 3 is 2.58 bits per heavy atom. The van der Waals surface area contributed by atoms with Crippen LogP contribution in [0.15, 0.2) is 34.5 Å². The van der Waals surface area contributed by atoms with Gasteiger partial charge in [0.1, 0.15) is 0 Å². The molecule has 1 aromatic carbocycles. The molecule has 5 nitrogen and oxygen atoms in total. The number of esters is 1. The number of sulfone groups is 1. The molecule has 3 rings (SSSR count). The summed E-state index contributed by atoms with van der Waals surface area (Å²) in [5.74, 6) is -0.212. The van der Waals surface area contributed by atoms with Crippen molar-refractivity contribution in [2.45, 2.75) is 31.1 Å². The van der Waals surface area contributed by atoms with Gasteiger partial charge in [0.2, 0.25) is 0 Å². The van der Waals surface area contributed by atoms with E-state index < -0.39 is 15.8 Å². The van der Waals surface area contributed by atoms with Gasteiger partial charge in [-0.1, -0.05) is 6.92 Å². The Kier molecular flexibility index (Phi) is 5.29. The maximum absolute atomic E-state index is 12.3. The second kappa shape index (κ2) is 7.32. The van der Waals surface area contributed by atoms with E-state index in [1.165, 1.54) is 29.1 Å². The van der Waals surface area contributed by atoms with Crippen LogP contribution < -0.4 is 0 Å². The Balaban J connectivity index is 1.64. The topological polar surface area (TPSA) is 77.5 Å². The summed E-state index contributed by atoms with van der Waals surface area (Å²) in [6, 6.07) is 5.61. The molecule has 138 valence electrons. The van der Waals surface area contributed by atoms with Gasteiger partial charge in [0.15, 0.2) is 22.2 Å². The monoisotopic (exact) mass is 392 g/mol. The van der Waals surface area contributed by atoms with E-state index in [9.17, 15) is 18.0 Å². The Bertz CT molecular complexity index is 939. The third-order valence-electron chi connectivity index (χ3n) is 4.56. The third-order valence-corrected chi connectivity index (χ3v) is 6.74. The number of hydrogen-bond donors (Lipinski definition) is 0. The van der Waals surface area contributed by atoms with E-state index in [1.54, 1.807) is 11.3 Å². The van der Waals surface area contributed by atoms with Crippen molar-refractivity contribution in [3.05, 3.63) is 51.2 Å². The van der Waals surface area contributed by atoms with Crippen molar-refractivity contribution in [3.8, 4) is 0 Å². The average Bonchev–Trinajstić information content (AvgIpc) is 3.01. The largest absolute Gasteiger partial charge is 0.454 e. The Hall–Kier alpha value is -1.99. The molecule has 26 heavy (non-hydrogen) atoms. The van der Waals surface area contributed by atoms with E-state index in [2.05, 4.69) is 6.92 Å². The molecule has 0 saturated heterocycles. The summed E-state index contributed by atoms with van der Waals surface area (Å²) in [6.45, 7) is 1.84. The van der Waals surface area contributed by atoms with Crippen LogP contribution in [0.3, 0.4) is 0 Å². The number of Topliss-reactive ketones (excluding diaryl/α,β-unsaturated/α-hetero) is 1. The fourth-order valence-corrected chi connectivity index (χ4v) is 4.89. The van der Waals surface area contributed by atoms with Crippen molar-refractivity contribution in [1.29, 1.82) is 0 Å². The fraction of sp³-hybridized carbons (Fsp3) is 0.368. The van der Waals surface area contributed by atoms with Gasteiger partial charge in [-0.2, -0.15) is 0 Å². The van der Waals surface area contributed by atoms with Crippen LogP contribution >= 0.6 is 11.3 Å². The number of fused-ring (bicyclic) bond motifs is 1. The van der Waals surface area contributed by atoms with Crippen LogP contribution in [0.4, 0.5) is 0 Å². The standard InChI is InChI=1S/C19H20O5S2/c1-12-3-8-15-16(11-25-18(15)9-12)19(21)24-10-17(20)13-4-6-14(7-5-13)26(2,22)23/h4-7,11-12H,3,8-10H2,1-2H3/t12-/m1/s1. The van der Waals surface area contributed by atoms with Crippen molar-refractivity contribution >= 4 is 32.9 Å². The third kappa shape index (κ3) is 4.04. The first-order chi connectivity index (χ1) is 12.3. The van der Waals surface area contributed by atoms with Gasteiger partial charge in [-0.05, 0) is 55.0 Å². The molecule has 0 aliphatic heterocycles. The summed E-state index contributed by atoms with van der Waals surface area (Å²) >= 11 is 1.58. The van der Waals surface area contributed by atoms with E-state index in [1.807, 2.05) is 5.38 Å². The molecule has 2 aromatic rings. The zero-order chi connectivity index (χ0) is 18.9. The van der Waals surface area contributed by atoms with Crippen molar-refractivity contribution < 1.29 is 22.7 Å². The number of carbonyl (C=O) groups is 2. The first-order valence-electron chi connectivity index (χ1n) is 8.35. The molecule has 0 amide bonds. The smallest absolute Gasteiger partial charge is 0.339 e. The van der Waals surface area contributed by atoms with Crippen molar-refractivity contribution in [1.82, 2.24) is 0 Å². The molecule has 1 aromatic heterocycles. The normalized spacial score (nSPS) is 16.8. The Labute approximate surface area is 156 Å². The summed E-state index contributed by atoms with van der Waals surface area (Å²) in [5.41, 5.74) is 1.94. The lowest BCUT2D eigenvalue weighted by Crippen LogP contribution is -2.17. The highest BCUT2D eigenvalue weighted by Gasteiger charge is 2.24. The van der Waals surface area contributed by atoms with E-state index in [-0.39, 0.29) is 17.3 Å². The maximum Gasteiger partial charge on any atom is 0.339 e. The van der Waals surface area contributed by atoms with Crippen LogP contribution in [0, 0.1) is 5.92 Å². The van der Waals surface area contributed by atoms with Gasteiger partial charge in [-0.15, -0.1) is 11.3 Å². The summed E-state index contributed by atoms with van der Waals surface area (Å²) < 4.78 is 28.1. The molecule has 1 atom stereocenters. The van der Waals surface area contributed by atoms with E-state index >= 15 is 0 Å². The number of ether oxygens (including phenoxy) is 1. The van der Waals surface area contributed by atoms with Gasteiger partial charge in [0, 0.05) is 22.1 Å². The molecule has 7 heteroatoms. The quantitative estimate of drug-likeness (QED) is 0.576. The molecule has 0 radical (unpaired) electrons. The predicted octanol–water partition coefficient (Wildman–Crippen LogP) is 3.32. The minimum absolute atomic E-state index is 0.144. The predicted molar refractivity (Wildman–Crippen MR) is 99.7 cm³/mol. The van der Waals surface area contributed by atoms with Crippen molar-refractivity contribution in [2.24, 2.45) is 5.92 Å². The number of benzene rings is 1. The van der Waals surface area contributed by atoms with Crippen LogP contribution in [-0.2, 0) is 27.4 Å². The second-order valence-corrected chi connectivity index (χ2v) is 9.67. The number of ketones is 1. The van der Waals surface area contributed by atoms with Gasteiger partial charge in [-0.25, -0.2) is 13.2 Å². The molecular formula is C19H20O5S2. The molecule has 0 fully saturated rings. The minimum Gasteiger partial charge on any atom is -0.454 e. The Morgan fingerprint density at radius 2 is 1.92 bits per heavy atom. The molecule has 1 aliphatic carbocycles. The van der Waals surface area contributed by atoms with Crippen LogP contribution in [0.25, 0.3) is 0 Å². The molecule has 0 saturated carbocycles. The van der Waals surface area contributed by atoms with E-state index in [0.29, 0.717) is 17.0 Å². The van der Waals surface area contributed by atoms with Crippen LogP contribution in [0.1, 0.15) is 44.5 Å². The van der Waals surface area contributed by atoms with Crippen molar-refractivity contribution in [3.63, 3.8) is 0 Å². The second-order valence-electron chi connectivity index (χ2n) is 6.69. The number of thiophene rings is 1. The van der Waals surface area contributed by atoms with Gasteiger partial charge in [0.25, 0.3) is 0 Å². The zero-order valence-corrected chi connectivity index (χ0v) is 16.3. The highest BCUT2D eigenvalue weighted by atomic mass is 32.2. The average molecular weight is 392 g/mol. The number of hydrogen-bond acceptors (Lipinski definition) is 6. The number of carbonyl (C=O) groups excluding carboxylic acids is 2. The lowest BCUT2D eigenvalue weighted by atomic mass is 9.88. The lowest BCUT2D eigenvalue weighted by Gasteiger charge is -2.18. The van der Waals surface area contributed by atoms with Gasteiger partial charge in [-0.3, -0.25) is 4.79 Å². The Morgan fingerprint density at radius 1 is 1.23 bits per heavy atom. The highest BCUT2D eigenvalue weighted by Crippen LogP contribution is 2.33. The fourth-order valence-electron chi connectivity index (χ4n) is 3.03. The zero-order valence-electron chi connectivity index (χ0n) is 14.7. The molecule has 0 spiro atoms. The SMILES string of the molecule is C[C@@H]1CCc2c(C(=O)OCC(=O)c3ccc(S(C)(=O)=O)cc3)csc2C1. The van der Waals surface area contributed by atoms with Gasteiger partial charge in [0.05, 0.1) is 10.5 Å². The van der Waals surface area contributed by atoms with E-state index in [0.717, 1.165) is 31.1 Å². The van der Waals surface area contributed by atoms with Crippen LogP contribution in [0.2, 0.25) is 0 Å². The highest BCUT2D eigenvalue weighted by molar-refractivity contribution is 7.90.